The summed E-state index contributed by atoms with van der Waals surface area (Å²) in [5.74, 6) is -0.0489. The van der Waals surface area contributed by atoms with Gasteiger partial charge in [0.25, 0.3) is 10.0 Å². The van der Waals surface area contributed by atoms with Crippen molar-refractivity contribution in [3.05, 3.63) is 83.4 Å². The summed E-state index contributed by atoms with van der Waals surface area (Å²) in [4.78, 5) is 13.1. The van der Waals surface area contributed by atoms with E-state index >= 15 is 0 Å². The highest BCUT2D eigenvalue weighted by molar-refractivity contribution is 7.93. The number of sulfone groups is 1. The minimum atomic E-state index is -4.10. The molecule has 1 N–H and O–H groups in total. The number of carbonyl (C=O) groups is 1. The Bertz CT molecular complexity index is 1390. The van der Waals surface area contributed by atoms with Crippen LogP contribution in [0.1, 0.15) is 18.5 Å². The fourth-order valence-electron chi connectivity index (χ4n) is 3.30. The molecule has 3 rings (SSSR count). The van der Waals surface area contributed by atoms with Crippen LogP contribution in [0.25, 0.3) is 0 Å². The zero-order valence-corrected chi connectivity index (χ0v) is 21.7. The number of amides is 1. The lowest BCUT2D eigenvalue weighted by Crippen LogP contribution is -2.41. The summed E-state index contributed by atoms with van der Waals surface area (Å²) >= 11 is 5.96. The maximum absolute atomic E-state index is 13.5. The average Bonchev–Trinajstić information content (AvgIpc) is 2.82. The van der Waals surface area contributed by atoms with Gasteiger partial charge in [-0.05, 0) is 73.2 Å². The van der Waals surface area contributed by atoms with Gasteiger partial charge >= 0.3 is 0 Å². The van der Waals surface area contributed by atoms with Crippen LogP contribution in [0.15, 0.2) is 82.6 Å². The summed E-state index contributed by atoms with van der Waals surface area (Å²) in [5.41, 5.74) is 0.937. The predicted molar refractivity (Wildman–Crippen MR) is 135 cm³/mol. The van der Waals surface area contributed by atoms with Gasteiger partial charge in [0.05, 0.1) is 28.6 Å². The molecule has 0 bridgehead atoms. The van der Waals surface area contributed by atoms with Crippen molar-refractivity contribution >= 4 is 43.1 Å². The van der Waals surface area contributed by atoms with Gasteiger partial charge in [-0.1, -0.05) is 23.7 Å². The van der Waals surface area contributed by atoms with E-state index in [0.29, 0.717) is 16.3 Å². The average molecular weight is 537 g/mol. The Labute approximate surface area is 210 Å². The Morgan fingerprint density at radius 2 is 1.46 bits per heavy atom. The Morgan fingerprint density at radius 3 is 1.97 bits per heavy atom. The highest BCUT2D eigenvalue weighted by atomic mass is 35.5. The van der Waals surface area contributed by atoms with Crippen LogP contribution in [-0.2, 0) is 24.7 Å². The van der Waals surface area contributed by atoms with Crippen molar-refractivity contribution < 1.29 is 26.4 Å². The molecule has 0 unspecified atom stereocenters. The number of sulfonamides is 1. The molecule has 1 atom stereocenters. The smallest absolute Gasteiger partial charge is 0.264 e. The lowest BCUT2D eigenvalue weighted by molar-refractivity contribution is -0.120. The molecule has 35 heavy (non-hydrogen) atoms. The molecule has 0 aliphatic carbocycles. The van der Waals surface area contributed by atoms with Gasteiger partial charge in [-0.2, -0.15) is 0 Å². The Kier molecular flexibility index (Phi) is 8.09. The largest absolute Gasteiger partial charge is 0.497 e. The molecule has 0 aliphatic heterocycles. The molecule has 0 fully saturated rings. The molecule has 0 spiro atoms. The number of halogens is 1. The minimum absolute atomic E-state index is 0.00883. The molecule has 0 aromatic heterocycles. The highest BCUT2D eigenvalue weighted by Gasteiger charge is 2.28. The number of rotatable bonds is 9. The topological polar surface area (TPSA) is 110 Å². The van der Waals surface area contributed by atoms with E-state index in [-0.39, 0.29) is 15.5 Å². The second-order valence-electron chi connectivity index (χ2n) is 7.79. The first-order valence-corrected chi connectivity index (χ1v) is 14.1. The fourth-order valence-corrected chi connectivity index (χ4v) is 5.48. The molecular formula is C24H25ClN2O6S2. The van der Waals surface area contributed by atoms with E-state index in [1.54, 1.807) is 19.1 Å². The quantitative estimate of drug-likeness (QED) is 0.445. The first kappa shape index (κ1) is 26.5. The van der Waals surface area contributed by atoms with Crippen LogP contribution < -0.4 is 14.4 Å². The predicted octanol–water partition coefficient (Wildman–Crippen LogP) is 3.82. The van der Waals surface area contributed by atoms with Crippen LogP contribution in [0, 0.1) is 0 Å². The maximum Gasteiger partial charge on any atom is 0.264 e. The molecule has 0 aliphatic rings. The monoisotopic (exact) mass is 536 g/mol. The number of hydrogen-bond donors (Lipinski definition) is 1. The van der Waals surface area contributed by atoms with E-state index in [4.69, 9.17) is 16.3 Å². The third-order valence-electron chi connectivity index (χ3n) is 5.24. The summed E-state index contributed by atoms with van der Waals surface area (Å²) in [6, 6.07) is 17.6. The summed E-state index contributed by atoms with van der Waals surface area (Å²) < 4.78 is 56.3. The third kappa shape index (κ3) is 6.53. The van der Waals surface area contributed by atoms with Crippen molar-refractivity contribution in [1.82, 2.24) is 5.32 Å². The number of anilines is 1. The molecule has 8 nitrogen and oxygen atoms in total. The van der Waals surface area contributed by atoms with Crippen LogP contribution in [0.5, 0.6) is 5.75 Å². The SMILES string of the molecule is COc1ccc(S(=O)(=O)N(CC(=O)N[C@@H](C)c2ccc(S(C)(=O)=O)cc2)c2ccc(Cl)cc2)cc1. The zero-order chi connectivity index (χ0) is 25.8. The Morgan fingerprint density at radius 1 is 0.914 bits per heavy atom. The number of methoxy groups -OCH3 is 1. The number of nitrogens with one attached hydrogen (secondary N) is 1. The maximum atomic E-state index is 13.5. The van der Waals surface area contributed by atoms with Crippen molar-refractivity contribution in [2.45, 2.75) is 22.8 Å². The number of nitrogens with zero attached hydrogens (tertiary/aromatic N) is 1. The van der Waals surface area contributed by atoms with E-state index in [2.05, 4.69) is 5.32 Å². The van der Waals surface area contributed by atoms with Crippen molar-refractivity contribution in [3.63, 3.8) is 0 Å². The van der Waals surface area contributed by atoms with Crippen molar-refractivity contribution in [1.29, 1.82) is 0 Å². The van der Waals surface area contributed by atoms with E-state index < -0.39 is 38.4 Å². The molecule has 0 saturated heterocycles. The summed E-state index contributed by atoms with van der Waals surface area (Å²) in [6.45, 7) is 1.24. The molecule has 0 heterocycles. The van der Waals surface area contributed by atoms with Gasteiger partial charge in [0.2, 0.25) is 5.91 Å². The summed E-state index contributed by atoms with van der Waals surface area (Å²) in [6.07, 6.45) is 1.11. The second-order valence-corrected chi connectivity index (χ2v) is 12.1. The van der Waals surface area contributed by atoms with Gasteiger partial charge in [0, 0.05) is 11.3 Å². The lowest BCUT2D eigenvalue weighted by atomic mass is 10.1. The molecule has 3 aromatic rings. The first-order valence-electron chi connectivity index (χ1n) is 10.4. The molecule has 1 amide bonds. The van der Waals surface area contributed by atoms with Crippen LogP contribution in [0.3, 0.4) is 0 Å². The van der Waals surface area contributed by atoms with Crippen molar-refractivity contribution in [3.8, 4) is 5.75 Å². The van der Waals surface area contributed by atoms with E-state index in [1.807, 2.05) is 0 Å². The first-order chi connectivity index (χ1) is 16.4. The van der Waals surface area contributed by atoms with E-state index in [0.717, 1.165) is 10.6 Å². The Balaban J connectivity index is 1.85. The van der Waals surface area contributed by atoms with E-state index in [9.17, 15) is 21.6 Å². The van der Waals surface area contributed by atoms with Gasteiger partial charge in [0.1, 0.15) is 12.3 Å². The van der Waals surface area contributed by atoms with Gasteiger partial charge in [0.15, 0.2) is 9.84 Å². The van der Waals surface area contributed by atoms with Crippen LogP contribution >= 0.6 is 11.6 Å². The minimum Gasteiger partial charge on any atom is -0.497 e. The van der Waals surface area contributed by atoms with Crippen molar-refractivity contribution in [2.24, 2.45) is 0 Å². The highest BCUT2D eigenvalue weighted by Crippen LogP contribution is 2.26. The third-order valence-corrected chi connectivity index (χ3v) is 8.40. The van der Waals surface area contributed by atoms with Gasteiger partial charge in [-0.15, -0.1) is 0 Å². The number of hydrogen-bond acceptors (Lipinski definition) is 6. The fraction of sp³-hybridized carbons (Fsp3) is 0.208. The van der Waals surface area contributed by atoms with Crippen LogP contribution in [0.4, 0.5) is 5.69 Å². The molecule has 11 heteroatoms. The molecule has 0 radical (unpaired) electrons. The molecule has 3 aromatic carbocycles. The summed E-state index contributed by atoms with van der Waals surface area (Å²) in [7, 11) is -5.97. The van der Waals surface area contributed by atoms with Gasteiger partial charge in [-0.3, -0.25) is 9.10 Å². The van der Waals surface area contributed by atoms with Crippen LogP contribution in [0.2, 0.25) is 5.02 Å². The zero-order valence-electron chi connectivity index (χ0n) is 19.3. The number of carbonyl (C=O) groups excluding carboxylic acids is 1. The van der Waals surface area contributed by atoms with Crippen LogP contribution in [-0.4, -0.2) is 42.7 Å². The molecule has 0 saturated carbocycles. The molecular weight excluding hydrogens is 512 g/mol. The lowest BCUT2D eigenvalue weighted by Gasteiger charge is -2.25. The second kappa shape index (κ2) is 10.7. The normalized spacial score (nSPS) is 12.6. The van der Waals surface area contributed by atoms with Gasteiger partial charge in [-0.25, -0.2) is 16.8 Å². The number of ether oxygens (including phenoxy) is 1. The summed E-state index contributed by atoms with van der Waals surface area (Å²) in [5, 5.41) is 3.19. The molecule has 186 valence electrons. The van der Waals surface area contributed by atoms with Gasteiger partial charge < -0.3 is 10.1 Å². The Hall–Kier alpha value is -3.08. The van der Waals surface area contributed by atoms with E-state index in [1.165, 1.54) is 67.8 Å². The van der Waals surface area contributed by atoms with Crippen molar-refractivity contribution in [2.75, 3.05) is 24.2 Å². The standard InChI is InChI=1S/C24H25ClN2O6S2/c1-17(18-4-12-22(13-5-18)34(3,29)30)26-24(28)16-27(20-8-6-19(25)7-9-20)35(31,32)23-14-10-21(33-2)11-15-23/h4-15,17H,16H2,1-3H3,(H,26,28)/t17-/m0/s1. The number of benzene rings is 3.